The van der Waals surface area contributed by atoms with E-state index in [0.29, 0.717) is 82.4 Å². The van der Waals surface area contributed by atoms with E-state index >= 15 is 0 Å². The Morgan fingerprint density at radius 1 is 0.444 bits per heavy atom. The van der Waals surface area contributed by atoms with Crippen molar-refractivity contribution in [1.29, 1.82) is 0 Å². The zero-order valence-corrected chi connectivity index (χ0v) is 63.5. The Balaban J connectivity index is 0.000000152. The predicted octanol–water partition coefficient (Wildman–Crippen LogP) is 12.0. The van der Waals surface area contributed by atoms with Crippen molar-refractivity contribution in [3.05, 3.63) is 267 Å². The number of nitrogens with two attached hydrogens (primary N) is 1. The zero-order valence-electron chi connectivity index (χ0n) is 63.5. The molecule has 3 fully saturated rings. The summed E-state index contributed by atoms with van der Waals surface area (Å²) >= 11 is 0. The second-order valence-electron chi connectivity index (χ2n) is 28.4. The molecule has 1 atom stereocenters. The first-order valence-electron chi connectivity index (χ1n) is 37.3. The standard InChI is InChI=1S/C29H28F3N7O.C28H26F3N7O.C27H24F3N7O/c1-37(2)25-5-4-12-38(19-25)18-21-8-9-23(14-26(21)29(30,31)32)36-28(40)22-13-20(15-33-16-22)7-10-24-17-34-27-6-3-11-35-39(24)27;1-32-22-8-11-37(12-9-22)18-20-5-6-23(14-25(20)28(29,30)31)36-27(39)21-13-19(15-33-16-21)4-7-24-17-34-26-3-2-10-35-38(24)26;28-27(29,30)24-13-22(5-4-19(24)17-36-10-7-21(31)8-11-36)35-26(38)20-12-18(14-32-15-20)3-6-23-16-33-25-2-1-9-34-37(23)25/h3,6,8-9,11,13-17,25H,4-5,12,18-19H2,1-2H3,(H,36,40);2-3,5-6,10,13-17,22,32H,8-9,11-12,18H2,1H3,(H,36,39);1-2,4-5,9,12-16,21H,7-8,10-11,17,31H2,(H,35,38)/t25-;;/m0../s1. The number of rotatable bonds is 14. The van der Waals surface area contributed by atoms with Crippen molar-refractivity contribution >= 4 is 51.7 Å². The number of pyridine rings is 3. The lowest BCUT2D eigenvalue weighted by Crippen LogP contribution is -2.44. The summed E-state index contributed by atoms with van der Waals surface area (Å²) in [5.74, 6) is 15.9. The fourth-order valence-electron chi connectivity index (χ4n) is 13.6. The lowest BCUT2D eigenvalue weighted by atomic mass is 10.0. The van der Waals surface area contributed by atoms with Crippen LogP contribution < -0.4 is 27.0 Å². The SMILES string of the molecule is CN(C)[C@H]1CCCN(Cc2ccc(NC(=O)c3cncc(C#Cc4cnc5cccnn45)c3)cc2C(F)(F)F)C1.CNC1CCN(Cc2ccc(NC(=O)c3cncc(C#Cc4cnc5cccnn45)c3)cc2C(F)(F)F)CC1.NC1CCN(Cc2ccc(NC(=O)c3cncc(C#Cc4cnc5cccnn45)c3)cc2C(F)(F)F)CC1. The third-order valence-electron chi connectivity index (χ3n) is 19.9. The van der Waals surface area contributed by atoms with Gasteiger partial charge in [-0.3, -0.25) is 44.0 Å². The van der Waals surface area contributed by atoms with Gasteiger partial charge < -0.3 is 31.9 Å². The molecule has 117 heavy (non-hydrogen) atoms. The van der Waals surface area contributed by atoms with Crippen molar-refractivity contribution in [2.75, 3.05) is 76.4 Å². The molecule has 3 aromatic carbocycles. The molecule has 33 heteroatoms. The number of hydrogen-bond donors (Lipinski definition) is 5. The van der Waals surface area contributed by atoms with Crippen molar-refractivity contribution in [2.45, 2.75) is 94.8 Å². The number of hydrogen-bond acceptors (Lipinski definition) is 18. The Morgan fingerprint density at radius 2 is 0.795 bits per heavy atom. The minimum Gasteiger partial charge on any atom is -0.328 e. The van der Waals surface area contributed by atoms with Gasteiger partial charge in [-0.15, -0.1) is 0 Å². The summed E-state index contributed by atoms with van der Waals surface area (Å²) in [5, 5.41) is 23.5. The number of carbonyl (C=O) groups excluding carboxylic acids is 3. The minimum absolute atomic E-state index is 0.0417. The maximum Gasteiger partial charge on any atom is 0.416 e. The first-order chi connectivity index (χ1) is 56.2. The number of anilines is 3. The number of benzene rings is 3. The summed E-state index contributed by atoms with van der Waals surface area (Å²) in [5.41, 5.74) is 9.81. The van der Waals surface area contributed by atoms with Crippen molar-refractivity contribution < 1.29 is 53.9 Å². The van der Waals surface area contributed by atoms with Gasteiger partial charge in [-0.25, -0.2) is 28.5 Å². The van der Waals surface area contributed by atoms with Crippen molar-refractivity contribution in [1.82, 2.24) is 83.7 Å². The number of likely N-dealkylation sites (tertiary alicyclic amines) is 3. The Bertz CT molecular complexity index is 5770. The van der Waals surface area contributed by atoms with E-state index in [1.807, 2.05) is 30.9 Å². The lowest BCUT2D eigenvalue weighted by molar-refractivity contribution is -0.139. The van der Waals surface area contributed by atoms with Crippen LogP contribution >= 0.6 is 0 Å². The first kappa shape index (κ1) is 82.2. The highest BCUT2D eigenvalue weighted by atomic mass is 19.4. The van der Waals surface area contributed by atoms with E-state index < -0.39 is 52.9 Å². The highest BCUT2D eigenvalue weighted by Crippen LogP contribution is 2.38. The van der Waals surface area contributed by atoms with Gasteiger partial charge in [0.1, 0.15) is 17.1 Å². The summed E-state index contributed by atoms with van der Waals surface area (Å²) < 4.78 is 130. The number of piperidine rings is 3. The van der Waals surface area contributed by atoms with Crippen LogP contribution in [0.1, 0.15) is 137 Å². The van der Waals surface area contributed by atoms with Gasteiger partial charge in [0, 0.05) is 134 Å². The monoisotopic (exact) mass is 1600 g/mol. The van der Waals surface area contributed by atoms with E-state index in [4.69, 9.17) is 5.73 Å². The summed E-state index contributed by atoms with van der Waals surface area (Å²) in [4.78, 5) is 71.7. The molecule has 0 unspecified atom stereocenters. The average molecular weight is 1600 g/mol. The molecule has 0 spiro atoms. The molecule has 0 saturated carbocycles. The second kappa shape index (κ2) is 36.8. The maximum atomic E-state index is 14.0. The van der Waals surface area contributed by atoms with E-state index in [9.17, 15) is 53.9 Å². The number of carbonyl (C=O) groups is 3. The van der Waals surface area contributed by atoms with Gasteiger partial charge in [0.05, 0.1) is 52.0 Å². The Labute approximate surface area is 666 Å². The number of nitrogens with one attached hydrogen (secondary N) is 4. The number of alkyl halides is 9. The number of nitrogens with zero attached hydrogens (tertiary/aromatic N) is 16. The molecule has 3 amide bonds. The molecular weight excluding hydrogens is 1520 g/mol. The topological polar surface area (TPSA) is 268 Å². The molecule has 600 valence electrons. The normalized spacial score (nSPS) is 15.2. The van der Waals surface area contributed by atoms with Crippen LogP contribution in [0.3, 0.4) is 0 Å². The van der Waals surface area contributed by atoms with E-state index in [1.54, 1.807) is 87.1 Å². The molecule has 12 heterocycles. The molecule has 3 aliphatic rings. The van der Waals surface area contributed by atoms with E-state index in [2.05, 4.69) is 112 Å². The highest BCUT2D eigenvalue weighted by molar-refractivity contribution is 6.05. The van der Waals surface area contributed by atoms with Crippen molar-refractivity contribution in [2.24, 2.45) is 5.73 Å². The molecule has 15 rings (SSSR count). The highest BCUT2D eigenvalue weighted by Gasteiger charge is 2.38. The van der Waals surface area contributed by atoms with E-state index in [-0.39, 0.29) is 76.1 Å². The molecular formula is C84H78F9N21O3. The van der Waals surface area contributed by atoms with Gasteiger partial charge in [0.25, 0.3) is 17.7 Å². The summed E-state index contributed by atoms with van der Waals surface area (Å²) in [7, 11) is 5.88. The third-order valence-corrected chi connectivity index (χ3v) is 19.9. The van der Waals surface area contributed by atoms with E-state index in [1.165, 1.54) is 91.8 Å². The Hall–Kier alpha value is -12.8. The quantitative estimate of drug-likeness (QED) is 0.0500. The fourth-order valence-corrected chi connectivity index (χ4v) is 13.6. The Kier molecular flexibility index (Phi) is 25.8. The van der Waals surface area contributed by atoms with Gasteiger partial charge in [-0.1, -0.05) is 36.0 Å². The molecule has 12 aromatic rings. The van der Waals surface area contributed by atoms with Gasteiger partial charge in [0.2, 0.25) is 0 Å². The Morgan fingerprint density at radius 3 is 1.14 bits per heavy atom. The van der Waals surface area contributed by atoms with Crippen LogP contribution in [0.4, 0.5) is 56.6 Å². The van der Waals surface area contributed by atoms with Crippen LogP contribution in [0, 0.1) is 35.5 Å². The van der Waals surface area contributed by atoms with Crippen LogP contribution in [0.5, 0.6) is 0 Å². The molecule has 0 aliphatic carbocycles. The predicted molar refractivity (Wildman–Crippen MR) is 420 cm³/mol. The number of halogens is 9. The zero-order chi connectivity index (χ0) is 82.4. The first-order valence-corrected chi connectivity index (χ1v) is 37.3. The maximum absolute atomic E-state index is 14.0. The fraction of sp³-hybridized carbons (Fsp3) is 0.286. The van der Waals surface area contributed by atoms with Crippen molar-refractivity contribution in [3.63, 3.8) is 0 Å². The van der Waals surface area contributed by atoms with Crippen molar-refractivity contribution in [3.8, 4) is 35.5 Å². The van der Waals surface area contributed by atoms with Crippen LogP contribution in [0.15, 0.2) is 184 Å². The smallest absolute Gasteiger partial charge is 0.328 e. The lowest BCUT2D eigenvalue weighted by Gasteiger charge is -2.36. The van der Waals surface area contributed by atoms with Crippen LogP contribution in [0.2, 0.25) is 0 Å². The summed E-state index contributed by atoms with van der Waals surface area (Å²) in [6, 6.07) is 27.8. The van der Waals surface area contributed by atoms with Crippen LogP contribution in [-0.2, 0) is 38.2 Å². The number of fused-ring (bicyclic) bond motifs is 3. The third kappa shape index (κ3) is 21.6. The van der Waals surface area contributed by atoms with Gasteiger partial charge in [0.15, 0.2) is 16.9 Å². The number of imidazole rings is 3. The molecule has 6 N–H and O–H groups in total. The summed E-state index contributed by atoms with van der Waals surface area (Å²) in [6.45, 7) is 4.77. The molecule has 3 aliphatic heterocycles. The summed E-state index contributed by atoms with van der Waals surface area (Å²) in [6.07, 6.45) is 9.69. The van der Waals surface area contributed by atoms with Crippen LogP contribution in [0.25, 0.3) is 16.9 Å². The van der Waals surface area contributed by atoms with Gasteiger partial charge >= 0.3 is 18.5 Å². The van der Waals surface area contributed by atoms with Gasteiger partial charge in [-0.05, 0) is 218 Å². The second-order valence-corrected chi connectivity index (χ2v) is 28.4. The molecule has 0 radical (unpaired) electrons. The largest absolute Gasteiger partial charge is 0.416 e. The number of aromatic nitrogens is 12. The molecule has 24 nitrogen and oxygen atoms in total. The number of likely N-dealkylation sites (N-methyl/N-ethyl adjacent to an activating group) is 1. The van der Waals surface area contributed by atoms with Crippen LogP contribution in [-0.4, -0.2) is 175 Å². The molecule has 9 aromatic heterocycles. The van der Waals surface area contributed by atoms with E-state index in [0.717, 1.165) is 76.4 Å². The number of amides is 3. The molecule has 3 saturated heterocycles. The van der Waals surface area contributed by atoms with Gasteiger partial charge in [-0.2, -0.15) is 54.8 Å². The molecule has 0 bridgehead atoms. The average Bonchev–Trinajstić information content (AvgIpc) is 1.80. The minimum atomic E-state index is -4.56.